The van der Waals surface area contributed by atoms with Gasteiger partial charge in [-0.1, -0.05) is 31.9 Å². The minimum atomic E-state index is -0.572. The molecular weight excluding hydrogens is 264 g/mol. The van der Waals surface area contributed by atoms with Crippen molar-refractivity contribution in [3.8, 4) is 18.1 Å². The second kappa shape index (κ2) is 9.04. The van der Waals surface area contributed by atoms with Gasteiger partial charge in [-0.05, 0) is 37.1 Å². The Kier molecular flexibility index (Phi) is 7.34. The lowest BCUT2D eigenvalue weighted by molar-refractivity contribution is -0.126. The molecule has 0 heterocycles. The maximum Gasteiger partial charge on any atom is 0.261 e. The first kappa shape index (κ1) is 17.1. The minimum Gasteiger partial charge on any atom is -0.481 e. The maximum absolute atomic E-state index is 11.7. The van der Waals surface area contributed by atoms with Gasteiger partial charge in [0.25, 0.3) is 5.91 Å². The molecule has 0 radical (unpaired) electrons. The number of terminal acetylenes is 1. The van der Waals surface area contributed by atoms with Crippen molar-refractivity contribution in [1.29, 1.82) is 0 Å². The molecule has 2 N–H and O–H groups in total. The molecule has 0 saturated heterocycles. The molecule has 1 rings (SSSR count). The standard InChI is InChI=1S/C17H24N2O2/c1-5-9-19-17(20)14(4)21-16-8-6-7-15(10-16)12-18-11-13(2)3/h1,6-8,10,13-14,18H,9,11-12H2,2-4H3,(H,19,20). The third-order valence-electron chi connectivity index (χ3n) is 2.83. The molecule has 4 nitrogen and oxygen atoms in total. The highest BCUT2D eigenvalue weighted by molar-refractivity contribution is 5.80. The first-order chi connectivity index (χ1) is 10.0. The molecule has 0 fully saturated rings. The molecule has 0 bridgehead atoms. The summed E-state index contributed by atoms with van der Waals surface area (Å²) >= 11 is 0. The average molecular weight is 288 g/mol. The molecule has 1 aromatic rings. The molecule has 0 aliphatic heterocycles. The summed E-state index contributed by atoms with van der Waals surface area (Å²) in [5, 5.41) is 5.98. The monoisotopic (exact) mass is 288 g/mol. The van der Waals surface area contributed by atoms with Crippen molar-refractivity contribution >= 4 is 5.91 Å². The molecule has 0 saturated carbocycles. The summed E-state index contributed by atoms with van der Waals surface area (Å²) in [6.45, 7) is 8.01. The quantitative estimate of drug-likeness (QED) is 0.719. The van der Waals surface area contributed by atoms with E-state index in [-0.39, 0.29) is 12.5 Å². The number of ether oxygens (including phenoxy) is 1. The molecule has 21 heavy (non-hydrogen) atoms. The van der Waals surface area contributed by atoms with Crippen LogP contribution in [0.4, 0.5) is 0 Å². The van der Waals surface area contributed by atoms with Gasteiger partial charge < -0.3 is 15.4 Å². The van der Waals surface area contributed by atoms with E-state index in [0.717, 1.165) is 18.7 Å². The largest absolute Gasteiger partial charge is 0.481 e. The minimum absolute atomic E-state index is 0.212. The zero-order chi connectivity index (χ0) is 15.7. The van der Waals surface area contributed by atoms with Crippen LogP contribution in [0.5, 0.6) is 5.75 Å². The molecule has 114 valence electrons. The van der Waals surface area contributed by atoms with Gasteiger partial charge in [0.15, 0.2) is 6.10 Å². The van der Waals surface area contributed by atoms with Crippen LogP contribution in [0.3, 0.4) is 0 Å². The number of hydrogen-bond acceptors (Lipinski definition) is 3. The van der Waals surface area contributed by atoms with Gasteiger partial charge >= 0.3 is 0 Å². The van der Waals surface area contributed by atoms with Crippen LogP contribution in [0, 0.1) is 18.3 Å². The second-order valence-corrected chi connectivity index (χ2v) is 5.35. The summed E-state index contributed by atoms with van der Waals surface area (Å²) in [4.78, 5) is 11.7. The summed E-state index contributed by atoms with van der Waals surface area (Å²) in [6, 6.07) is 7.74. The second-order valence-electron chi connectivity index (χ2n) is 5.35. The van der Waals surface area contributed by atoms with Crippen molar-refractivity contribution in [2.45, 2.75) is 33.4 Å². The number of hydrogen-bond donors (Lipinski definition) is 2. The molecule has 0 aliphatic rings. The topological polar surface area (TPSA) is 50.4 Å². The first-order valence-corrected chi connectivity index (χ1v) is 7.20. The fraction of sp³-hybridized carbons (Fsp3) is 0.471. The van der Waals surface area contributed by atoms with E-state index in [1.54, 1.807) is 6.92 Å². The van der Waals surface area contributed by atoms with E-state index in [4.69, 9.17) is 11.2 Å². The van der Waals surface area contributed by atoms with Gasteiger partial charge in [0.2, 0.25) is 0 Å². The highest BCUT2D eigenvalue weighted by atomic mass is 16.5. The molecule has 4 heteroatoms. The highest BCUT2D eigenvalue weighted by Crippen LogP contribution is 2.15. The van der Waals surface area contributed by atoms with Crippen molar-refractivity contribution < 1.29 is 9.53 Å². The Bertz CT molecular complexity index is 492. The predicted octanol–water partition coefficient (Wildman–Crippen LogP) is 1.95. The lowest BCUT2D eigenvalue weighted by Gasteiger charge is -2.15. The molecule has 1 aromatic carbocycles. The highest BCUT2D eigenvalue weighted by Gasteiger charge is 2.13. The van der Waals surface area contributed by atoms with Gasteiger partial charge in [-0.3, -0.25) is 4.79 Å². The summed E-state index contributed by atoms with van der Waals surface area (Å²) in [6.07, 6.45) is 4.53. The first-order valence-electron chi connectivity index (χ1n) is 7.20. The van der Waals surface area contributed by atoms with Crippen LogP contribution < -0.4 is 15.4 Å². The number of carbonyl (C=O) groups excluding carboxylic acids is 1. The van der Waals surface area contributed by atoms with Crippen LogP contribution in [-0.4, -0.2) is 25.1 Å². The smallest absolute Gasteiger partial charge is 0.261 e. The zero-order valence-electron chi connectivity index (χ0n) is 13.0. The number of amides is 1. The molecule has 0 aromatic heterocycles. The number of nitrogens with one attached hydrogen (secondary N) is 2. The van der Waals surface area contributed by atoms with Gasteiger partial charge in [-0.2, -0.15) is 0 Å². The van der Waals surface area contributed by atoms with Gasteiger partial charge in [0.1, 0.15) is 5.75 Å². The lowest BCUT2D eigenvalue weighted by Crippen LogP contribution is -2.36. The number of benzene rings is 1. The fourth-order valence-electron chi connectivity index (χ4n) is 1.77. The fourth-order valence-corrected chi connectivity index (χ4v) is 1.77. The normalized spacial score (nSPS) is 11.8. The zero-order valence-corrected chi connectivity index (χ0v) is 13.0. The van der Waals surface area contributed by atoms with Crippen molar-refractivity contribution in [2.24, 2.45) is 5.92 Å². The van der Waals surface area contributed by atoms with Gasteiger partial charge in [-0.15, -0.1) is 6.42 Å². The van der Waals surface area contributed by atoms with Crippen molar-refractivity contribution in [3.63, 3.8) is 0 Å². The van der Waals surface area contributed by atoms with E-state index in [1.165, 1.54) is 0 Å². The van der Waals surface area contributed by atoms with Gasteiger partial charge in [0.05, 0.1) is 6.54 Å². The lowest BCUT2D eigenvalue weighted by atomic mass is 10.2. The Balaban J connectivity index is 2.52. The van der Waals surface area contributed by atoms with Crippen molar-refractivity contribution in [3.05, 3.63) is 29.8 Å². The Morgan fingerprint density at radius 2 is 2.14 bits per heavy atom. The van der Waals surface area contributed by atoms with E-state index < -0.39 is 6.10 Å². The van der Waals surface area contributed by atoms with E-state index >= 15 is 0 Å². The molecule has 1 atom stereocenters. The number of carbonyl (C=O) groups is 1. The van der Waals surface area contributed by atoms with Crippen LogP contribution >= 0.6 is 0 Å². The number of rotatable bonds is 8. The van der Waals surface area contributed by atoms with E-state index in [9.17, 15) is 4.79 Å². The Morgan fingerprint density at radius 1 is 1.38 bits per heavy atom. The Morgan fingerprint density at radius 3 is 2.81 bits per heavy atom. The summed E-state index contributed by atoms with van der Waals surface area (Å²) in [7, 11) is 0. The van der Waals surface area contributed by atoms with Crippen LogP contribution in [0.15, 0.2) is 24.3 Å². The summed E-state index contributed by atoms with van der Waals surface area (Å²) in [5.41, 5.74) is 1.13. The third-order valence-corrected chi connectivity index (χ3v) is 2.83. The van der Waals surface area contributed by atoms with E-state index in [0.29, 0.717) is 11.7 Å². The third kappa shape index (κ3) is 6.82. The van der Waals surface area contributed by atoms with Crippen LogP contribution in [0.25, 0.3) is 0 Å². The molecular formula is C17H24N2O2. The van der Waals surface area contributed by atoms with Gasteiger partial charge in [-0.25, -0.2) is 0 Å². The Hall–Kier alpha value is -1.99. The van der Waals surface area contributed by atoms with Crippen molar-refractivity contribution in [1.82, 2.24) is 10.6 Å². The van der Waals surface area contributed by atoms with Crippen LogP contribution in [-0.2, 0) is 11.3 Å². The van der Waals surface area contributed by atoms with Crippen LogP contribution in [0.2, 0.25) is 0 Å². The van der Waals surface area contributed by atoms with Crippen molar-refractivity contribution in [2.75, 3.05) is 13.1 Å². The van der Waals surface area contributed by atoms with Gasteiger partial charge in [0, 0.05) is 6.54 Å². The molecule has 1 amide bonds. The summed E-state index contributed by atoms with van der Waals surface area (Å²) in [5.74, 6) is 3.45. The van der Waals surface area contributed by atoms with E-state index in [1.807, 2.05) is 24.3 Å². The maximum atomic E-state index is 11.7. The SMILES string of the molecule is C#CCNC(=O)C(C)Oc1cccc(CNCC(C)C)c1. The molecule has 1 unspecified atom stereocenters. The Labute approximate surface area is 127 Å². The van der Waals surface area contributed by atoms with E-state index in [2.05, 4.69) is 30.4 Å². The average Bonchev–Trinajstić information content (AvgIpc) is 2.44. The predicted molar refractivity (Wildman–Crippen MR) is 84.9 cm³/mol. The van der Waals surface area contributed by atoms with Crippen LogP contribution in [0.1, 0.15) is 26.3 Å². The summed E-state index contributed by atoms with van der Waals surface area (Å²) < 4.78 is 5.63. The molecule has 0 aliphatic carbocycles. The molecule has 0 spiro atoms.